The van der Waals surface area contributed by atoms with E-state index >= 15 is 0 Å². The number of nitrogens with two attached hydrogens (primary N) is 2. The summed E-state index contributed by atoms with van der Waals surface area (Å²) in [4.78, 5) is 23.5. The van der Waals surface area contributed by atoms with Crippen molar-refractivity contribution in [3.05, 3.63) is 10.4 Å². The summed E-state index contributed by atoms with van der Waals surface area (Å²) in [7, 11) is 0. The van der Waals surface area contributed by atoms with Gasteiger partial charge >= 0.3 is 0 Å². The van der Waals surface area contributed by atoms with E-state index in [0.29, 0.717) is 21.2 Å². The molecule has 1 aliphatic rings. The molecule has 6 heteroatoms. The monoisotopic (exact) mass is 295 g/mol. The topological polar surface area (TPSA) is 98.2 Å². The number of amides is 1. The molecular formula is C14H21N3O2S. The van der Waals surface area contributed by atoms with E-state index in [1.807, 2.05) is 0 Å². The number of hydrogen-bond acceptors (Lipinski definition) is 5. The van der Waals surface area contributed by atoms with Crippen LogP contribution in [0.4, 0.5) is 10.7 Å². The van der Waals surface area contributed by atoms with Crippen molar-refractivity contribution in [1.29, 1.82) is 0 Å². The molecule has 1 aromatic rings. The molecule has 2 rings (SSSR count). The molecule has 1 saturated carbocycles. The minimum absolute atomic E-state index is 0.145. The van der Waals surface area contributed by atoms with E-state index in [1.54, 1.807) is 0 Å². The molecule has 0 bridgehead atoms. The molecule has 1 amide bonds. The van der Waals surface area contributed by atoms with Gasteiger partial charge < -0.3 is 16.8 Å². The van der Waals surface area contributed by atoms with E-state index in [0.717, 1.165) is 6.54 Å². The highest BCUT2D eigenvalue weighted by molar-refractivity contribution is 7.19. The Balaban J connectivity index is 2.25. The SMILES string of the molecule is CC(=O)c1sc(NCC2(C(C)C)CC2)c(C(N)=O)c1N. The van der Waals surface area contributed by atoms with Crippen molar-refractivity contribution >= 4 is 33.7 Å². The van der Waals surface area contributed by atoms with Gasteiger partial charge in [0.25, 0.3) is 5.91 Å². The van der Waals surface area contributed by atoms with Crippen LogP contribution in [-0.2, 0) is 0 Å². The van der Waals surface area contributed by atoms with Crippen LogP contribution in [0.5, 0.6) is 0 Å². The van der Waals surface area contributed by atoms with Crippen LogP contribution >= 0.6 is 11.3 Å². The van der Waals surface area contributed by atoms with Gasteiger partial charge in [0.1, 0.15) is 5.00 Å². The summed E-state index contributed by atoms with van der Waals surface area (Å²) in [6.45, 7) is 6.62. The summed E-state index contributed by atoms with van der Waals surface area (Å²) >= 11 is 1.22. The molecule has 0 aliphatic heterocycles. The Labute approximate surface area is 122 Å². The predicted octanol–water partition coefficient (Wildman–Crippen LogP) is 2.48. The summed E-state index contributed by atoms with van der Waals surface area (Å²) < 4.78 is 0. The first kappa shape index (κ1) is 14.8. The Hall–Kier alpha value is -1.56. The molecule has 0 atom stereocenters. The molecule has 0 radical (unpaired) electrons. The number of hydrogen-bond donors (Lipinski definition) is 3. The fourth-order valence-electron chi connectivity index (χ4n) is 2.45. The molecule has 20 heavy (non-hydrogen) atoms. The zero-order valence-electron chi connectivity index (χ0n) is 12.1. The van der Waals surface area contributed by atoms with Gasteiger partial charge in [0.2, 0.25) is 0 Å². The van der Waals surface area contributed by atoms with Crippen molar-refractivity contribution in [2.75, 3.05) is 17.6 Å². The molecule has 5 nitrogen and oxygen atoms in total. The van der Waals surface area contributed by atoms with Crippen LogP contribution in [0.15, 0.2) is 0 Å². The second kappa shape index (κ2) is 5.09. The van der Waals surface area contributed by atoms with Crippen LogP contribution in [0, 0.1) is 11.3 Å². The lowest BCUT2D eigenvalue weighted by Gasteiger charge is -2.20. The fourth-order valence-corrected chi connectivity index (χ4v) is 3.47. The molecule has 0 saturated heterocycles. The maximum atomic E-state index is 11.6. The zero-order chi connectivity index (χ0) is 15.1. The molecule has 5 N–H and O–H groups in total. The van der Waals surface area contributed by atoms with E-state index in [-0.39, 0.29) is 17.0 Å². The summed E-state index contributed by atoms with van der Waals surface area (Å²) in [5, 5.41) is 3.90. The van der Waals surface area contributed by atoms with E-state index < -0.39 is 5.91 Å². The van der Waals surface area contributed by atoms with Gasteiger partial charge in [-0.3, -0.25) is 9.59 Å². The molecular weight excluding hydrogens is 274 g/mol. The number of carbonyl (C=O) groups is 2. The van der Waals surface area contributed by atoms with E-state index in [1.165, 1.54) is 31.1 Å². The number of primary amides is 1. The lowest BCUT2D eigenvalue weighted by Crippen LogP contribution is -2.22. The Bertz CT molecular complexity index is 559. The normalized spacial score (nSPS) is 16.2. The molecule has 1 aliphatic carbocycles. The maximum absolute atomic E-state index is 11.6. The molecule has 0 spiro atoms. The Kier molecular flexibility index (Phi) is 3.77. The Morgan fingerprint density at radius 3 is 2.40 bits per heavy atom. The number of carbonyl (C=O) groups excluding carboxylic acids is 2. The molecule has 0 unspecified atom stereocenters. The second-order valence-electron chi connectivity index (χ2n) is 5.84. The van der Waals surface area contributed by atoms with Crippen LogP contribution in [0.2, 0.25) is 0 Å². The number of ketones is 1. The van der Waals surface area contributed by atoms with Gasteiger partial charge in [-0.1, -0.05) is 13.8 Å². The number of nitrogens with one attached hydrogen (secondary N) is 1. The molecule has 1 aromatic heterocycles. The number of rotatable bonds is 6. The van der Waals surface area contributed by atoms with E-state index in [9.17, 15) is 9.59 Å². The number of thiophene rings is 1. The highest BCUT2D eigenvalue weighted by Crippen LogP contribution is 2.52. The van der Waals surface area contributed by atoms with Gasteiger partial charge in [0.05, 0.1) is 16.1 Å². The number of anilines is 2. The smallest absolute Gasteiger partial charge is 0.253 e. The van der Waals surface area contributed by atoms with Gasteiger partial charge in [-0.05, 0) is 24.2 Å². The minimum atomic E-state index is -0.594. The third-order valence-electron chi connectivity index (χ3n) is 4.23. The van der Waals surface area contributed by atoms with Gasteiger partial charge in [-0.15, -0.1) is 11.3 Å². The first-order chi connectivity index (χ1) is 9.28. The summed E-state index contributed by atoms with van der Waals surface area (Å²) in [5.74, 6) is -0.159. The van der Waals surface area contributed by atoms with Crippen molar-refractivity contribution in [1.82, 2.24) is 0 Å². The average Bonchev–Trinajstić information content (AvgIpc) is 3.05. The van der Waals surface area contributed by atoms with E-state index in [4.69, 9.17) is 11.5 Å². The van der Waals surface area contributed by atoms with Gasteiger partial charge in [0, 0.05) is 13.5 Å². The van der Waals surface area contributed by atoms with E-state index in [2.05, 4.69) is 19.2 Å². The maximum Gasteiger partial charge on any atom is 0.253 e. The lowest BCUT2D eigenvalue weighted by molar-refractivity contribution is 0.100. The van der Waals surface area contributed by atoms with Crippen LogP contribution in [-0.4, -0.2) is 18.2 Å². The third kappa shape index (κ3) is 2.52. The molecule has 1 heterocycles. The first-order valence-corrected chi connectivity index (χ1v) is 7.57. The van der Waals surface area contributed by atoms with Crippen molar-refractivity contribution in [3.8, 4) is 0 Å². The standard InChI is InChI=1S/C14H21N3O2S/c1-7(2)14(4-5-14)6-17-13-9(12(16)19)10(15)11(20-13)8(3)18/h7,17H,4-6,15H2,1-3H3,(H2,16,19). The van der Waals surface area contributed by atoms with Crippen molar-refractivity contribution < 1.29 is 9.59 Å². The largest absolute Gasteiger partial charge is 0.397 e. The average molecular weight is 295 g/mol. The lowest BCUT2D eigenvalue weighted by atomic mass is 9.92. The zero-order valence-corrected chi connectivity index (χ0v) is 12.9. The fraction of sp³-hybridized carbons (Fsp3) is 0.571. The highest BCUT2D eigenvalue weighted by Gasteiger charge is 2.45. The minimum Gasteiger partial charge on any atom is -0.397 e. The van der Waals surface area contributed by atoms with Crippen LogP contribution in [0.3, 0.4) is 0 Å². The summed E-state index contributed by atoms with van der Waals surface area (Å²) in [5.41, 5.74) is 12.0. The van der Waals surface area contributed by atoms with Gasteiger partial charge in [-0.25, -0.2) is 0 Å². The second-order valence-corrected chi connectivity index (χ2v) is 6.86. The van der Waals surface area contributed by atoms with Crippen molar-refractivity contribution in [2.45, 2.75) is 33.6 Å². The van der Waals surface area contributed by atoms with Crippen LogP contribution in [0.25, 0.3) is 0 Å². The first-order valence-electron chi connectivity index (χ1n) is 6.75. The highest BCUT2D eigenvalue weighted by atomic mass is 32.1. The molecule has 0 aromatic carbocycles. The van der Waals surface area contributed by atoms with Crippen LogP contribution in [0.1, 0.15) is 53.6 Å². The molecule has 110 valence electrons. The Morgan fingerprint density at radius 2 is 2.00 bits per heavy atom. The predicted molar refractivity (Wildman–Crippen MR) is 82.2 cm³/mol. The third-order valence-corrected chi connectivity index (χ3v) is 5.49. The number of nitrogen functional groups attached to an aromatic ring is 1. The van der Waals surface area contributed by atoms with Crippen molar-refractivity contribution in [3.63, 3.8) is 0 Å². The van der Waals surface area contributed by atoms with Crippen LogP contribution < -0.4 is 16.8 Å². The quantitative estimate of drug-likeness (QED) is 0.702. The van der Waals surface area contributed by atoms with Gasteiger partial charge in [-0.2, -0.15) is 0 Å². The number of Topliss-reactive ketones (excluding diaryl/α,β-unsaturated/α-hetero) is 1. The summed E-state index contributed by atoms with van der Waals surface area (Å²) in [6, 6.07) is 0. The summed E-state index contributed by atoms with van der Waals surface area (Å²) in [6.07, 6.45) is 2.37. The molecule has 1 fully saturated rings. The van der Waals surface area contributed by atoms with Gasteiger partial charge in [0.15, 0.2) is 5.78 Å². The Morgan fingerprint density at radius 1 is 1.40 bits per heavy atom. The van der Waals surface area contributed by atoms with Crippen molar-refractivity contribution in [2.24, 2.45) is 17.1 Å².